The molecule has 0 heterocycles. The molecule has 0 spiro atoms. The van der Waals surface area contributed by atoms with Crippen LogP contribution < -0.4 is 0 Å². The maximum absolute atomic E-state index is 13.1. The smallest absolute Gasteiger partial charge is 0.413 e. The molecule has 1 aromatic carbocycles. The molecule has 0 aliphatic heterocycles. The Morgan fingerprint density at radius 1 is 1.24 bits per heavy atom. The van der Waals surface area contributed by atoms with Crippen molar-refractivity contribution < 1.29 is 18.3 Å². The van der Waals surface area contributed by atoms with Gasteiger partial charge in [0.15, 0.2) is 0 Å². The van der Waals surface area contributed by atoms with E-state index in [0.29, 0.717) is 9.14 Å². The summed E-state index contributed by atoms with van der Waals surface area (Å²) in [5.74, 6) is -1.28. The van der Waals surface area contributed by atoms with Crippen molar-refractivity contribution in [3.05, 3.63) is 50.6 Å². The number of nitrogens with zero attached hydrogens (tertiary/aromatic N) is 1. The summed E-state index contributed by atoms with van der Waals surface area (Å²) in [7, 11) is 0. The van der Waals surface area contributed by atoms with E-state index in [0.717, 1.165) is 6.08 Å². The van der Waals surface area contributed by atoms with Crippen LogP contribution in [-0.4, -0.2) is 11.3 Å². The first kappa shape index (κ1) is 15.9. The average Bonchev–Trinajstić information content (AvgIpc) is 2.40. The van der Waals surface area contributed by atoms with Gasteiger partial charge >= 0.3 is 6.18 Å². The molecule has 0 saturated heterocycles. The molecule has 1 aromatic rings. The zero-order valence-corrected chi connectivity index (χ0v) is 13.1. The van der Waals surface area contributed by atoms with Gasteiger partial charge < -0.3 is 5.11 Å². The van der Waals surface area contributed by atoms with E-state index in [2.05, 4.69) is 0 Å². The molecule has 0 saturated carbocycles. The van der Waals surface area contributed by atoms with Gasteiger partial charge in [0.1, 0.15) is 5.75 Å². The Hall–Kier alpha value is -1.49. The Kier molecular flexibility index (Phi) is 4.33. The minimum Gasteiger partial charge on any atom is -0.508 e. The molecule has 110 valence electrons. The predicted octanol–water partition coefficient (Wildman–Crippen LogP) is 4.83. The lowest BCUT2D eigenvalue weighted by molar-refractivity contribution is -0.0992. The van der Waals surface area contributed by atoms with Gasteiger partial charge in [0.25, 0.3) is 0 Å². The molecule has 21 heavy (non-hydrogen) atoms. The molecule has 1 aliphatic carbocycles. The number of allylic oxidation sites excluding steroid dienone is 4. The topological polar surface area (TPSA) is 44.0 Å². The molecule has 2 atom stereocenters. The number of alkyl halides is 3. The van der Waals surface area contributed by atoms with E-state index in [1.807, 2.05) is 28.7 Å². The van der Waals surface area contributed by atoms with Crippen LogP contribution in [0, 0.1) is 17.2 Å². The standard InChI is InChI=1S/C15H11F3INO/c1-8-12(15(16,17)18)6-10(7-20)14(19)13(8)9-2-4-11(21)5-3-9/h2-6,8,13,21H,1H3. The van der Waals surface area contributed by atoms with E-state index in [1.165, 1.54) is 19.1 Å². The third kappa shape index (κ3) is 3.07. The van der Waals surface area contributed by atoms with Gasteiger partial charge in [-0.2, -0.15) is 18.4 Å². The third-order valence-corrected chi connectivity index (χ3v) is 4.77. The highest BCUT2D eigenvalue weighted by Gasteiger charge is 2.43. The van der Waals surface area contributed by atoms with Crippen molar-refractivity contribution in [2.45, 2.75) is 19.0 Å². The number of hydrogen-bond acceptors (Lipinski definition) is 2. The van der Waals surface area contributed by atoms with Gasteiger partial charge in [-0.25, -0.2) is 0 Å². The molecule has 6 heteroatoms. The van der Waals surface area contributed by atoms with Crippen LogP contribution in [0.25, 0.3) is 0 Å². The van der Waals surface area contributed by atoms with Crippen molar-refractivity contribution in [2.24, 2.45) is 5.92 Å². The van der Waals surface area contributed by atoms with Crippen molar-refractivity contribution in [3.63, 3.8) is 0 Å². The first-order valence-corrected chi connectivity index (χ1v) is 7.21. The maximum atomic E-state index is 13.1. The SMILES string of the molecule is CC1C(C(F)(F)F)=CC(C#N)=C(I)C1c1ccc(O)cc1. The minimum atomic E-state index is -4.46. The molecule has 0 bridgehead atoms. The average molecular weight is 405 g/mol. The molecule has 2 rings (SSSR count). The van der Waals surface area contributed by atoms with Crippen molar-refractivity contribution in [1.29, 1.82) is 5.26 Å². The number of phenols is 1. The van der Waals surface area contributed by atoms with E-state index < -0.39 is 23.6 Å². The molecule has 0 amide bonds. The summed E-state index contributed by atoms with van der Waals surface area (Å²) in [5.41, 5.74) is -0.0102. The summed E-state index contributed by atoms with van der Waals surface area (Å²) >= 11 is 1.93. The summed E-state index contributed by atoms with van der Waals surface area (Å²) in [5, 5.41) is 18.4. The number of halogens is 4. The second kappa shape index (κ2) is 5.72. The first-order valence-electron chi connectivity index (χ1n) is 6.13. The first-order chi connectivity index (χ1) is 9.75. The summed E-state index contributed by atoms with van der Waals surface area (Å²) < 4.78 is 40.0. The highest BCUT2D eigenvalue weighted by atomic mass is 127. The van der Waals surface area contributed by atoms with Crippen LogP contribution in [0.2, 0.25) is 0 Å². The molecule has 1 aliphatic rings. The summed E-state index contributed by atoms with van der Waals surface area (Å²) in [6.07, 6.45) is -3.53. The third-order valence-electron chi connectivity index (χ3n) is 3.52. The largest absolute Gasteiger partial charge is 0.508 e. The van der Waals surface area contributed by atoms with Crippen molar-refractivity contribution in [2.75, 3.05) is 0 Å². The zero-order valence-electron chi connectivity index (χ0n) is 10.9. The van der Waals surface area contributed by atoms with E-state index in [4.69, 9.17) is 5.26 Å². The predicted molar refractivity (Wildman–Crippen MR) is 80.8 cm³/mol. The second-order valence-electron chi connectivity index (χ2n) is 4.83. The molecule has 0 radical (unpaired) electrons. The Labute approximate surface area is 133 Å². The molecule has 0 fully saturated rings. The summed E-state index contributed by atoms with van der Waals surface area (Å²) in [6, 6.07) is 7.88. The fourth-order valence-electron chi connectivity index (χ4n) is 2.46. The van der Waals surface area contributed by atoms with Crippen molar-refractivity contribution >= 4 is 22.6 Å². The van der Waals surface area contributed by atoms with Crippen LogP contribution in [-0.2, 0) is 0 Å². The summed E-state index contributed by atoms with van der Waals surface area (Å²) in [6.45, 7) is 1.50. The minimum absolute atomic E-state index is 0.0408. The van der Waals surface area contributed by atoms with E-state index >= 15 is 0 Å². The van der Waals surface area contributed by atoms with Gasteiger partial charge in [0, 0.05) is 15.1 Å². The second-order valence-corrected chi connectivity index (χ2v) is 5.99. The zero-order chi connectivity index (χ0) is 15.8. The molecule has 0 aromatic heterocycles. The van der Waals surface area contributed by atoms with Crippen LogP contribution in [0.3, 0.4) is 0 Å². The van der Waals surface area contributed by atoms with Crippen molar-refractivity contribution in [1.82, 2.24) is 0 Å². The fourth-order valence-corrected chi connectivity index (χ4v) is 3.64. The number of phenolic OH excluding ortho intramolecular Hbond substituents is 1. The lowest BCUT2D eigenvalue weighted by Crippen LogP contribution is -2.26. The van der Waals surface area contributed by atoms with Gasteiger partial charge in [-0.05, 0) is 52.3 Å². The lowest BCUT2D eigenvalue weighted by atomic mass is 9.77. The Morgan fingerprint density at radius 3 is 2.29 bits per heavy atom. The molecule has 1 N–H and O–H groups in total. The van der Waals surface area contributed by atoms with E-state index in [9.17, 15) is 18.3 Å². The van der Waals surface area contributed by atoms with Gasteiger partial charge in [-0.3, -0.25) is 0 Å². The number of nitriles is 1. The Morgan fingerprint density at radius 2 is 1.81 bits per heavy atom. The van der Waals surface area contributed by atoms with E-state index in [-0.39, 0.29) is 11.3 Å². The number of aromatic hydroxyl groups is 1. The molecular weight excluding hydrogens is 394 g/mol. The Bertz CT molecular complexity index is 653. The quantitative estimate of drug-likeness (QED) is 0.681. The van der Waals surface area contributed by atoms with Crippen LogP contribution in [0.1, 0.15) is 18.4 Å². The van der Waals surface area contributed by atoms with Crippen LogP contribution in [0.5, 0.6) is 5.75 Å². The Balaban J connectivity index is 2.57. The van der Waals surface area contributed by atoms with Crippen LogP contribution in [0.4, 0.5) is 13.2 Å². The lowest BCUT2D eigenvalue weighted by Gasteiger charge is -2.31. The molecular formula is C15H11F3INO. The maximum Gasteiger partial charge on any atom is 0.413 e. The molecule has 2 nitrogen and oxygen atoms in total. The van der Waals surface area contributed by atoms with Gasteiger partial charge in [0.05, 0.1) is 11.6 Å². The van der Waals surface area contributed by atoms with Gasteiger partial charge in [-0.1, -0.05) is 19.1 Å². The number of rotatable bonds is 1. The highest BCUT2D eigenvalue weighted by Crippen LogP contribution is 2.48. The molecule has 2 unspecified atom stereocenters. The monoisotopic (exact) mass is 405 g/mol. The normalized spacial score (nSPS) is 22.8. The van der Waals surface area contributed by atoms with Gasteiger partial charge in [-0.15, -0.1) is 0 Å². The highest BCUT2D eigenvalue weighted by molar-refractivity contribution is 14.1. The number of hydrogen-bond donors (Lipinski definition) is 1. The van der Waals surface area contributed by atoms with Gasteiger partial charge in [0.2, 0.25) is 0 Å². The van der Waals surface area contributed by atoms with Crippen LogP contribution >= 0.6 is 22.6 Å². The fraction of sp³-hybridized carbons (Fsp3) is 0.267. The van der Waals surface area contributed by atoms with Crippen molar-refractivity contribution in [3.8, 4) is 11.8 Å². The van der Waals surface area contributed by atoms with E-state index in [1.54, 1.807) is 12.1 Å². The summed E-state index contributed by atoms with van der Waals surface area (Å²) in [4.78, 5) is 0. The van der Waals surface area contributed by atoms with Crippen LogP contribution in [0.15, 0.2) is 45.1 Å². The number of benzene rings is 1.